The number of phenols is 1. The molecule has 214 valence electrons. The van der Waals surface area contributed by atoms with Gasteiger partial charge in [0.05, 0.1) is 17.9 Å². The Morgan fingerprint density at radius 1 is 1.07 bits per heavy atom. The number of fused-ring (bicyclic) bond motifs is 1. The highest BCUT2D eigenvalue weighted by Crippen LogP contribution is 2.41. The molecular formula is C32H35ClN4O4. The number of ether oxygens (including phenoxy) is 1. The summed E-state index contributed by atoms with van der Waals surface area (Å²) in [4.78, 5) is 33.8. The number of aromatic hydroxyl groups is 1. The number of carbonyl (C=O) groups is 1. The summed E-state index contributed by atoms with van der Waals surface area (Å²) in [6.45, 7) is 2.76. The van der Waals surface area contributed by atoms with E-state index in [-0.39, 0.29) is 29.6 Å². The number of benzene rings is 2. The molecule has 1 aliphatic heterocycles. The second-order valence-electron chi connectivity index (χ2n) is 10.8. The van der Waals surface area contributed by atoms with Crippen molar-refractivity contribution in [2.75, 3.05) is 26.2 Å². The number of rotatable bonds is 9. The van der Waals surface area contributed by atoms with Crippen molar-refractivity contribution in [3.8, 4) is 22.8 Å². The number of aromatic nitrogens is 2. The van der Waals surface area contributed by atoms with Crippen LogP contribution in [0.1, 0.15) is 53.1 Å². The molecular weight excluding hydrogens is 540 g/mol. The van der Waals surface area contributed by atoms with Crippen molar-refractivity contribution in [3.63, 3.8) is 0 Å². The zero-order valence-corrected chi connectivity index (χ0v) is 23.6. The van der Waals surface area contributed by atoms with Crippen LogP contribution in [0.4, 0.5) is 0 Å². The van der Waals surface area contributed by atoms with Gasteiger partial charge in [0.15, 0.2) is 0 Å². The molecule has 1 atom stereocenters. The average molecular weight is 575 g/mol. The van der Waals surface area contributed by atoms with E-state index in [1.807, 2.05) is 42.5 Å². The van der Waals surface area contributed by atoms with Gasteiger partial charge < -0.3 is 25.5 Å². The quantitative estimate of drug-likeness (QED) is 0.225. The van der Waals surface area contributed by atoms with E-state index in [1.54, 1.807) is 18.2 Å². The number of piperidine rings is 1. The van der Waals surface area contributed by atoms with Gasteiger partial charge >= 0.3 is 0 Å². The van der Waals surface area contributed by atoms with Crippen LogP contribution in [-0.4, -0.2) is 47.2 Å². The SMILES string of the molecule is Cl.O=C(NCCc1ccccc1)c1cc2c(C3CCCNC3)cc(-c3c(O)cccc3OCC3CC3)nc2[nH]c1=O. The molecule has 1 saturated heterocycles. The van der Waals surface area contributed by atoms with Crippen LogP contribution in [0.3, 0.4) is 0 Å². The first-order valence-electron chi connectivity index (χ1n) is 14.1. The maximum Gasteiger partial charge on any atom is 0.262 e. The highest BCUT2D eigenvalue weighted by atomic mass is 35.5. The Labute approximate surface area is 245 Å². The van der Waals surface area contributed by atoms with E-state index in [9.17, 15) is 14.7 Å². The van der Waals surface area contributed by atoms with Crippen molar-refractivity contribution in [2.45, 2.75) is 38.0 Å². The number of hydrogen-bond acceptors (Lipinski definition) is 6. The predicted octanol–water partition coefficient (Wildman–Crippen LogP) is 4.95. The van der Waals surface area contributed by atoms with Gasteiger partial charge in [-0.05, 0) is 85.9 Å². The lowest BCUT2D eigenvalue weighted by Gasteiger charge is -2.25. The normalized spacial score (nSPS) is 16.6. The molecule has 4 aromatic rings. The van der Waals surface area contributed by atoms with E-state index in [1.165, 1.54) is 0 Å². The van der Waals surface area contributed by atoms with Crippen molar-refractivity contribution < 1.29 is 14.6 Å². The van der Waals surface area contributed by atoms with Crippen LogP contribution in [0.25, 0.3) is 22.3 Å². The van der Waals surface area contributed by atoms with Crippen LogP contribution >= 0.6 is 12.4 Å². The van der Waals surface area contributed by atoms with Crippen molar-refractivity contribution in [1.82, 2.24) is 20.6 Å². The molecule has 2 aromatic carbocycles. The van der Waals surface area contributed by atoms with E-state index < -0.39 is 11.5 Å². The zero-order valence-electron chi connectivity index (χ0n) is 22.8. The van der Waals surface area contributed by atoms with Crippen molar-refractivity contribution >= 4 is 29.3 Å². The monoisotopic (exact) mass is 574 g/mol. The van der Waals surface area contributed by atoms with Crippen molar-refractivity contribution in [3.05, 3.63) is 87.7 Å². The van der Waals surface area contributed by atoms with Crippen molar-refractivity contribution in [1.29, 1.82) is 0 Å². The van der Waals surface area contributed by atoms with Gasteiger partial charge in [-0.25, -0.2) is 4.98 Å². The lowest BCUT2D eigenvalue weighted by atomic mass is 9.88. The third kappa shape index (κ3) is 6.55. The summed E-state index contributed by atoms with van der Waals surface area (Å²) in [7, 11) is 0. The number of nitrogens with zero attached hydrogens (tertiary/aromatic N) is 1. The molecule has 0 bridgehead atoms. The Morgan fingerprint density at radius 3 is 2.66 bits per heavy atom. The fourth-order valence-electron chi connectivity index (χ4n) is 5.41. The molecule has 2 aromatic heterocycles. The zero-order chi connectivity index (χ0) is 27.5. The molecule has 2 fully saturated rings. The van der Waals surface area contributed by atoms with E-state index in [4.69, 9.17) is 9.72 Å². The lowest BCUT2D eigenvalue weighted by Crippen LogP contribution is -2.31. The number of hydrogen-bond donors (Lipinski definition) is 4. The van der Waals surface area contributed by atoms with Crippen molar-refractivity contribution in [2.24, 2.45) is 5.92 Å². The number of pyridine rings is 2. The number of carbonyl (C=O) groups excluding carboxylic acids is 1. The largest absolute Gasteiger partial charge is 0.507 e. The fourth-order valence-corrected chi connectivity index (χ4v) is 5.41. The molecule has 3 heterocycles. The van der Waals surface area contributed by atoms with Gasteiger partial charge in [0, 0.05) is 18.5 Å². The van der Waals surface area contributed by atoms with E-state index in [2.05, 4.69) is 15.6 Å². The number of halogens is 1. The highest BCUT2D eigenvalue weighted by molar-refractivity contribution is 5.98. The van der Waals surface area contributed by atoms with Crippen LogP contribution < -0.4 is 20.9 Å². The first kappa shape index (κ1) is 28.6. The van der Waals surface area contributed by atoms with Gasteiger partial charge in [-0.2, -0.15) is 0 Å². The minimum Gasteiger partial charge on any atom is -0.507 e. The summed E-state index contributed by atoms with van der Waals surface area (Å²) in [6.07, 6.45) is 4.98. The molecule has 4 N–H and O–H groups in total. The van der Waals surface area contributed by atoms with Crippen LogP contribution in [0, 0.1) is 5.92 Å². The molecule has 1 aliphatic carbocycles. The molecule has 2 aliphatic rings. The first-order chi connectivity index (χ1) is 19.6. The van der Waals surface area contributed by atoms with Gasteiger partial charge in [0.2, 0.25) is 0 Å². The van der Waals surface area contributed by atoms with Gasteiger partial charge in [0.25, 0.3) is 11.5 Å². The molecule has 0 radical (unpaired) electrons. The molecule has 6 rings (SSSR count). The molecule has 1 saturated carbocycles. The highest BCUT2D eigenvalue weighted by Gasteiger charge is 2.26. The maximum absolute atomic E-state index is 13.1. The number of H-pyrrole nitrogens is 1. The van der Waals surface area contributed by atoms with Crippen LogP contribution in [0.15, 0.2) is 65.5 Å². The Hall–Kier alpha value is -3.88. The third-order valence-electron chi connectivity index (χ3n) is 7.81. The summed E-state index contributed by atoms with van der Waals surface area (Å²) in [5, 5.41) is 18.0. The minimum absolute atomic E-state index is 0. The predicted molar refractivity (Wildman–Crippen MR) is 162 cm³/mol. The third-order valence-corrected chi connectivity index (χ3v) is 7.81. The van der Waals surface area contributed by atoms with Crippen LogP contribution in [-0.2, 0) is 6.42 Å². The summed E-state index contributed by atoms with van der Waals surface area (Å²) >= 11 is 0. The van der Waals surface area contributed by atoms with E-state index in [0.717, 1.165) is 55.3 Å². The van der Waals surface area contributed by atoms with Gasteiger partial charge in [-0.1, -0.05) is 36.4 Å². The Balaban J connectivity index is 0.00000337. The second-order valence-corrected chi connectivity index (χ2v) is 10.8. The van der Waals surface area contributed by atoms with Gasteiger partial charge in [-0.15, -0.1) is 12.4 Å². The standard InChI is InChI=1S/C32H34N4O4.ClH/c37-27-9-4-10-28(40-19-21-11-12-21)29(27)26-17-23(22-8-5-14-33-18-22)24-16-25(32(39)36-30(24)35-26)31(38)34-15-13-20-6-2-1-3-7-20;/h1-4,6-7,9-10,16-17,21-22,33,37H,5,8,11-15,18-19H2,(H,34,38)(H,35,36,39);1H. The number of phenolic OH excluding ortho intramolecular Hbond substituents is 1. The average Bonchev–Trinajstić information content (AvgIpc) is 3.81. The Kier molecular flexibility index (Phi) is 8.90. The number of amides is 1. The molecule has 9 heteroatoms. The summed E-state index contributed by atoms with van der Waals surface area (Å²) in [6, 6.07) is 18.8. The molecule has 8 nitrogen and oxygen atoms in total. The molecule has 1 unspecified atom stereocenters. The Bertz CT molecular complexity index is 1580. The Morgan fingerprint density at radius 2 is 1.90 bits per heavy atom. The topological polar surface area (TPSA) is 116 Å². The van der Waals surface area contributed by atoms with E-state index >= 15 is 0 Å². The molecule has 41 heavy (non-hydrogen) atoms. The molecule has 0 spiro atoms. The van der Waals surface area contributed by atoms with Gasteiger partial charge in [0.1, 0.15) is 22.7 Å². The smallest absolute Gasteiger partial charge is 0.262 e. The van der Waals surface area contributed by atoms with Crippen LogP contribution in [0.5, 0.6) is 11.5 Å². The van der Waals surface area contributed by atoms with Crippen LogP contribution in [0.2, 0.25) is 0 Å². The summed E-state index contributed by atoms with van der Waals surface area (Å²) in [5.41, 5.74) is 3.11. The fraction of sp³-hybridized carbons (Fsp3) is 0.344. The lowest BCUT2D eigenvalue weighted by molar-refractivity contribution is 0.0953. The molecule has 1 amide bonds. The minimum atomic E-state index is -0.496. The second kappa shape index (κ2) is 12.7. The number of aromatic amines is 1. The number of nitrogens with one attached hydrogen (secondary N) is 3. The first-order valence-corrected chi connectivity index (χ1v) is 14.1. The summed E-state index contributed by atoms with van der Waals surface area (Å²) < 4.78 is 6.10. The van der Waals surface area contributed by atoms with E-state index in [0.29, 0.717) is 48.1 Å². The summed E-state index contributed by atoms with van der Waals surface area (Å²) in [5.74, 6) is 0.956. The van der Waals surface area contributed by atoms with Gasteiger partial charge in [-0.3, -0.25) is 9.59 Å². The maximum atomic E-state index is 13.1.